The molecule has 2 aromatic rings. The van der Waals surface area contributed by atoms with Crippen molar-refractivity contribution in [2.75, 3.05) is 5.32 Å². The lowest BCUT2D eigenvalue weighted by atomic mass is 10.2. The third-order valence-corrected chi connectivity index (χ3v) is 3.70. The Labute approximate surface area is 126 Å². The predicted molar refractivity (Wildman–Crippen MR) is 84.1 cm³/mol. The number of anilines is 1. The molecule has 0 saturated carbocycles. The average Bonchev–Trinajstić information content (AvgIpc) is 2.33. The number of nitrogens with zero attached hydrogens (tertiary/aromatic N) is 1. The van der Waals surface area contributed by atoms with Crippen LogP contribution in [0.15, 0.2) is 42.7 Å². The SMILES string of the molecule is O=C(Nc1cccnc1)c1cc(I)ccc1I. The Kier molecular flexibility index (Phi) is 4.32. The molecular weight excluding hydrogens is 442 g/mol. The summed E-state index contributed by atoms with van der Waals surface area (Å²) in [6.07, 6.45) is 3.30. The molecular formula is C12H8I2N2O. The first-order chi connectivity index (χ1) is 8.16. The Hall–Kier alpha value is -0.700. The second kappa shape index (κ2) is 5.76. The van der Waals surface area contributed by atoms with Gasteiger partial charge >= 0.3 is 0 Å². The van der Waals surface area contributed by atoms with Crippen molar-refractivity contribution in [1.82, 2.24) is 4.98 Å². The monoisotopic (exact) mass is 450 g/mol. The molecule has 86 valence electrons. The summed E-state index contributed by atoms with van der Waals surface area (Å²) >= 11 is 4.35. The molecule has 3 nitrogen and oxygen atoms in total. The summed E-state index contributed by atoms with van der Waals surface area (Å²) in [6, 6.07) is 9.37. The molecule has 1 aromatic heterocycles. The highest BCUT2D eigenvalue weighted by Crippen LogP contribution is 2.17. The number of aromatic nitrogens is 1. The van der Waals surface area contributed by atoms with E-state index in [1.807, 2.05) is 24.3 Å². The Morgan fingerprint density at radius 3 is 2.76 bits per heavy atom. The molecule has 0 aliphatic rings. The number of hydrogen-bond donors (Lipinski definition) is 1. The smallest absolute Gasteiger partial charge is 0.256 e. The van der Waals surface area contributed by atoms with E-state index in [0.29, 0.717) is 11.3 Å². The van der Waals surface area contributed by atoms with Crippen LogP contribution in [0, 0.1) is 7.14 Å². The van der Waals surface area contributed by atoms with Crippen LogP contribution in [0.1, 0.15) is 10.4 Å². The molecule has 1 aromatic carbocycles. The van der Waals surface area contributed by atoms with E-state index in [1.54, 1.807) is 18.5 Å². The van der Waals surface area contributed by atoms with Gasteiger partial charge in [0.05, 0.1) is 17.4 Å². The van der Waals surface area contributed by atoms with Crippen LogP contribution >= 0.6 is 45.2 Å². The zero-order chi connectivity index (χ0) is 12.3. The summed E-state index contributed by atoms with van der Waals surface area (Å²) in [5, 5.41) is 2.82. The first kappa shape index (κ1) is 12.7. The summed E-state index contributed by atoms with van der Waals surface area (Å²) in [7, 11) is 0. The highest BCUT2D eigenvalue weighted by atomic mass is 127. The number of pyridine rings is 1. The van der Waals surface area contributed by atoms with Crippen molar-refractivity contribution in [3.8, 4) is 0 Å². The van der Waals surface area contributed by atoms with E-state index in [-0.39, 0.29) is 5.91 Å². The van der Waals surface area contributed by atoms with Crippen LogP contribution < -0.4 is 5.32 Å². The van der Waals surface area contributed by atoms with Crippen LogP contribution in [-0.2, 0) is 0 Å². The fraction of sp³-hybridized carbons (Fsp3) is 0. The lowest BCUT2D eigenvalue weighted by Gasteiger charge is -2.06. The largest absolute Gasteiger partial charge is 0.321 e. The number of benzene rings is 1. The van der Waals surface area contributed by atoms with Crippen molar-refractivity contribution in [1.29, 1.82) is 0 Å². The summed E-state index contributed by atoms with van der Waals surface area (Å²) in [6.45, 7) is 0. The summed E-state index contributed by atoms with van der Waals surface area (Å²) < 4.78 is 1.98. The summed E-state index contributed by atoms with van der Waals surface area (Å²) in [5.41, 5.74) is 1.38. The molecule has 0 aliphatic heterocycles. The van der Waals surface area contributed by atoms with Crippen LogP contribution in [-0.4, -0.2) is 10.9 Å². The Bertz CT molecular complexity index is 543. The van der Waals surface area contributed by atoms with Gasteiger partial charge in [-0.15, -0.1) is 0 Å². The van der Waals surface area contributed by atoms with E-state index >= 15 is 0 Å². The minimum Gasteiger partial charge on any atom is -0.321 e. The molecule has 0 atom stereocenters. The van der Waals surface area contributed by atoms with Crippen molar-refractivity contribution >= 4 is 56.8 Å². The van der Waals surface area contributed by atoms with Gasteiger partial charge in [-0.05, 0) is 75.5 Å². The summed E-state index contributed by atoms with van der Waals surface area (Å²) in [5.74, 6) is -0.110. The maximum atomic E-state index is 12.0. The van der Waals surface area contributed by atoms with Crippen LogP contribution in [0.25, 0.3) is 0 Å². The van der Waals surface area contributed by atoms with Gasteiger partial charge in [0.2, 0.25) is 0 Å². The fourth-order valence-electron chi connectivity index (χ4n) is 1.31. The molecule has 2 rings (SSSR count). The number of amides is 1. The average molecular weight is 450 g/mol. The van der Waals surface area contributed by atoms with Gasteiger partial charge in [-0.3, -0.25) is 9.78 Å². The van der Waals surface area contributed by atoms with Crippen molar-refractivity contribution in [2.24, 2.45) is 0 Å². The topological polar surface area (TPSA) is 42.0 Å². The number of rotatable bonds is 2. The zero-order valence-corrected chi connectivity index (χ0v) is 13.0. The third-order valence-electron chi connectivity index (χ3n) is 2.09. The first-order valence-corrected chi connectivity index (χ1v) is 6.99. The number of carbonyl (C=O) groups excluding carboxylic acids is 1. The third kappa shape index (κ3) is 3.38. The number of nitrogens with one attached hydrogen (secondary N) is 1. The predicted octanol–water partition coefficient (Wildman–Crippen LogP) is 3.54. The zero-order valence-electron chi connectivity index (χ0n) is 8.65. The van der Waals surface area contributed by atoms with Gasteiger partial charge in [-0.1, -0.05) is 0 Å². The molecule has 0 bridgehead atoms. The van der Waals surface area contributed by atoms with E-state index in [1.165, 1.54) is 0 Å². The Balaban J connectivity index is 2.23. The van der Waals surface area contributed by atoms with E-state index in [2.05, 4.69) is 55.5 Å². The van der Waals surface area contributed by atoms with Gasteiger partial charge in [0.1, 0.15) is 0 Å². The minimum absolute atomic E-state index is 0.110. The van der Waals surface area contributed by atoms with Crippen molar-refractivity contribution < 1.29 is 4.79 Å². The van der Waals surface area contributed by atoms with Gasteiger partial charge in [0.15, 0.2) is 0 Å². The molecule has 1 amide bonds. The molecule has 0 aliphatic carbocycles. The number of hydrogen-bond acceptors (Lipinski definition) is 2. The first-order valence-electron chi connectivity index (χ1n) is 4.83. The van der Waals surface area contributed by atoms with E-state index in [4.69, 9.17) is 0 Å². The number of halogens is 2. The number of carbonyl (C=O) groups is 1. The van der Waals surface area contributed by atoms with E-state index < -0.39 is 0 Å². The maximum Gasteiger partial charge on any atom is 0.256 e. The molecule has 5 heteroatoms. The van der Waals surface area contributed by atoms with Gasteiger partial charge in [0, 0.05) is 13.3 Å². The molecule has 1 N–H and O–H groups in total. The molecule has 0 unspecified atom stereocenters. The quantitative estimate of drug-likeness (QED) is 0.712. The minimum atomic E-state index is -0.110. The molecule has 17 heavy (non-hydrogen) atoms. The second-order valence-electron chi connectivity index (χ2n) is 3.32. The molecule has 0 saturated heterocycles. The highest BCUT2D eigenvalue weighted by molar-refractivity contribution is 14.1. The van der Waals surface area contributed by atoms with Gasteiger partial charge in [-0.25, -0.2) is 0 Å². The van der Waals surface area contributed by atoms with Crippen LogP contribution in [0.5, 0.6) is 0 Å². The van der Waals surface area contributed by atoms with Crippen LogP contribution in [0.3, 0.4) is 0 Å². The van der Waals surface area contributed by atoms with Gasteiger partial charge < -0.3 is 5.32 Å². The summed E-state index contributed by atoms with van der Waals surface area (Å²) in [4.78, 5) is 16.0. The second-order valence-corrected chi connectivity index (χ2v) is 5.73. The van der Waals surface area contributed by atoms with E-state index in [9.17, 15) is 4.79 Å². The Morgan fingerprint density at radius 2 is 2.06 bits per heavy atom. The molecule has 0 fully saturated rings. The lowest BCUT2D eigenvalue weighted by molar-refractivity contribution is 0.102. The van der Waals surface area contributed by atoms with Gasteiger partial charge in [0.25, 0.3) is 5.91 Å². The van der Waals surface area contributed by atoms with Crippen LogP contribution in [0.2, 0.25) is 0 Å². The van der Waals surface area contributed by atoms with Crippen molar-refractivity contribution in [3.05, 3.63) is 55.4 Å². The maximum absolute atomic E-state index is 12.0. The molecule has 1 heterocycles. The molecule has 0 radical (unpaired) electrons. The Morgan fingerprint density at radius 1 is 1.24 bits per heavy atom. The molecule has 0 spiro atoms. The standard InChI is InChI=1S/C12H8I2N2O/c13-8-3-4-11(14)10(6-8)12(17)16-9-2-1-5-15-7-9/h1-7H,(H,16,17). The van der Waals surface area contributed by atoms with E-state index in [0.717, 1.165) is 7.14 Å². The normalized spacial score (nSPS) is 10.0. The van der Waals surface area contributed by atoms with Crippen molar-refractivity contribution in [3.63, 3.8) is 0 Å². The lowest BCUT2D eigenvalue weighted by Crippen LogP contribution is -2.13. The van der Waals surface area contributed by atoms with Crippen LogP contribution in [0.4, 0.5) is 5.69 Å². The highest BCUT2D eigenvalue weighted by Gasteiger charge is 2.10. The van der Waals surface area contributed by atoms with Crippen molar-refractivity contribution in [2.45, 2.75) is 0 Å². The fourth-order valence-corrected chi connectivity index (χ4v) is 2.38. The van der Waals surface area contributed by atoms with Gasteiger partial charge in [-0.2, -0.15) is 0 Å².